The van der Waals surface area contributed by atoms with Crippen LogP contribution in [0.5, 0.6) is 0 Å². The van der Waals surface area contributed by atoms with Crippen LogP contribution in [0.15, 0.2) is 35.3 Å². The van der Waals surface area contributed by atoms with E-state index in [0.29, 0.717) is 6.04 Å². The maximum Gasteiger partial charge on any atom is 0.191 e. The topological polar surface area (TPSA) is 52.1 Å². The van der Waals surface area contributed by atoms with Crippen LogP contribution in [0.3, 0.4) is 0 Å². The SMILES string of the molecule is CCN(CC)C(CNC(=NC)NCC1(N2CCCC2)CCOCC1)c1ccccc1.I. The summed E-state index contributed by atoms with van der Waals surface area (Å²) >= 11 is 0. The Labute approximate surface area is 206 Å². The van der Waals surface area contributed by atoms with Gasteiger partial charge in [-0.15, -0.1) is 24.0 Å². The third-order valence-corrected chi connectivity index (χ3v) is 6.91. The largest absolute Gasteiger partial charge is 0.381 e. The van der Waals surface area contributed by atoms with E-state index in [1.54, 1.807) is 0 Å². The summed E-state index contributed by atoms with van der Waals surface area (Å²) < 4.78 is 5.69. The molecule has 2 aliphatic rings. The van der Waals surface area contributed by atoms with Gasteiger partial charge in [0, 0.05) is 38.9 Å². The molecule has 0 saturated carbocycles. The van der Waals surface area contributed by atoms with Crippen molar-refractivity contribution in [1.82, 2.24) is 20.4 Å². The van der Waals surface area contributed by atoms with Gasteiger partial charge in [0.1, 0.15) is 0 Å². The molecule has 7 heteroatoms. The minimum atomic E-state index is 0. The molecule has 0 aliphatic carbocycles. The molecular formula is C24H42IN5O. The second-order valence-electron chi connectivity index (χ2n) is 8.49. The molecule has 176 valence electrons. The average Bonchev–Trinajstić information content (AvgIpc) is 3.35. The lowest BCUT2D eigenvalue weighted by atomic mass is 9.88. The van der Waals surface area contributed by atoms with Crippen molar-refractivity contribution in [3.63, 3.8) is 0 Å². The quantitative estimate of drug-likeness (QED) is 0.284. The predicted molar refractivity (Wildman–Crippen MR) is 140 cm³/mol. The van der Waals surface area contributed by atoms with Gasteiger partial charge in [-0.3, -0.25) is 14.8 Å². The Bertz CT molecular complexity index is 641. The average molecular weight is 544 g/mol. The zero-order valence-corrected chi connectivity index (χ0v) is 21.9. The Morgan fingerprint density at radius 3 is 2.32 bits per heavy atom. The number of nitrogens with zero attached hydrogens (tertiary/aromatic N) is 3. The molecule has 3 rings (SSSR count). The normalized spacial score (nSPS) is 20.3. The van der Waals surface area contributed by atoms with E-state index in [1.165, 1.54) is 31.5 Å². The molecule has 0 bridgehead atoms. The second-order valence-corrected chi connectivity index (χ2v) is 8.49. The van der Waals surface area contributed by atoms with Crippen LogP contribution in [-0.2, 0) is 4.74 Å². The van der Waals surface area contributed by atoms with E-state index in [0.717, 1.165) is 58.2 Å². The van der Waals surface area contributed by atoms with Crippen molar-refractivity contribution in [1.29, 1.82) is 0 Å². The third kappa shape index (κ3) is 7.04. The number of likely N-dealkylation sites (N-methyl/N-ethyl adjacent to an activating group) is 1. The van der Waals surface area contributed by atoms with E-state index in [2.05, 4.69) is 69.6 Å². The first-order chi connectivity index (χ1) is 14.7. The van der Waals surface area contributed by atoms with Crippen LogP contribution in [0.1, 0.15) is 51.1 Å². The highest BCUT2D eigenvalue weighted by Gasteiger charge is 2.39. The summed E-state index contributed by atoms with van der Waals surface area (Å²) in [5.41, 5.74) is 1.55. The fourth-order valence-electron chi connectivity index (χ4n) is 5.01. The highest BCUT2D eigenvalue weighted by molar-refractivity contribution is 14.0. The number of rotatable bonds is 9. The van der Waals surface area contributed by atoms with Gasteiger partial charge >= 0.3 is 0 Å². The van der Waals surface area contributed by atoms with E-state index in [9.17, 15) is 0 Å². The molecule has 0 spiro atoms. The van der Waals surface area contributed by atoms with Crippen molar-refractivity contribution >= 4 is 29.9 Å². The van der Waals surface area contributed by atoms with Gasteiger partial charge in [-0.05, 0) is 57.4 Å². The molecule has 2 fully saturated rings. The number of halogens is 1. The standard InChI is InChI=1S/C24H41N5O.HI/c1-4-28(5-2)22(21-11-7-6-8-12-21)19-26-23(25-3)27-20-24(13-17-30-18-14-24)29-15-9-10-16-29;/h6-8,11-12,22H,4-5,9-10,13-20H2,1-3H3,(H2,25,26,27);1H. The first kappa shape index (κ1) is 26.4. The van der Waals surface area contributed by atoms with Crippen molar-refractivity contribution in [2.45, 2.75) is 51.1 Å². The van der Waals surface area contributed by atoms with Crippen molar-refractivity contribution in [3.05, 3.63) is 35.9 Å². The summed E-state index contributed by atoms with van der Waals surface area (Å²) in [5.74, 6) is 0.896. The van der Waals surface area contributed by atoms with Crippen LogP contribution in [0.4, 0.5) is 0 Å². The number of hydrogen-bond donors (Lipinski definition) is 2. The molecule has 0 aromatic heterocycles. The predicted octanol–water partition coefficient (Wildman–Crippen LogP) is 3.50. The Hall–Kier alpha value is -0.900. The summed E-state index contributed by atoms with van der Waals surface area (Å²) in [6.45, 7) is 12.4. The number of guanidine groups is 1. The molecule has 0 amide bonds. The van der Waals surface area contributed by atoms with Crippen molar-refractivity contribution in [2.24, 2.45) is 4.99 Å². The molecule has 0 radical (unpaired) electrons. The molecule has 2 heterocycles. The molecule has 2 aliphatic heterocycles. The lowest BCUT2D eigenvalue weighted by Crippen LogP contribution is -2.58. The smallest absolute Gasteiger partial charge is 0.191 e. The van der Waals surface area contributed by atoms with Crippen LogP contribution in [0.25, 0.3) is 0 Å². The lowest BCUT2D eigenvalue weighted by molar-refractivity contribution is -0.0164. The molecule has 1 aromatic rings. The summed E-state index contributed by atoms with van der Waals surface area (Å²) in [6.07, 6.45) is 4.84. The minimum Gasteiger partial charge on any atom is -0.381 e. The lowest BCUT2D eigenvalue weighted by Gasteiger charge is -2.45. The van der Waals surface area contributed by atoms with Gasteiger partial charge in [-0.1, -0.05) is 44.2 Å². The molecule has 2 saturated heterocycles. The monoisotopic (exact) mass is 543 g/mol. The minimum absolute atomic E-state index is 0. The fraction of sp³-hybridized carbons (Fsp3) is 0.708. The fourth-order valence-corrected chi connectivity index (χ4v) is 5.01. The van der Waals surface area contributed by atoms with Crippen LogP contribution in [0, 0.1) is 0 Å². The molecule has 1 atom stereocenters. The van der Waals surface area contributed by atoms with Gasteiger partial charge < -0.3 is 15.4 Å². The molecule has 6 nitrogen and oxygen atoms in total. The number of hydrogen-bond acceptors (Lipinski definition) is 4. The zero-order valence-electron chi connectivity index (χ0n) is 19.6. The maximum absolute atomic E-state index is 5.69. The Kier molecular flexibility index (Phi) is 11.6. The van der Waals surface area contributed by atoms with Crippen molar-refractivity contribution in [3.8, 4) is 0 Å². The number of ether oxygens (including phenoxy) is 1. The summed E-state index contributed by atoms with van der Waals surface area (Å²) in [6, 6.07) is 11.1. The second kappa shape index (κ2) is 13.6. The highest BCUT2D eigenvalue weighted by Crippen LogP contribution is 2.30. The number of nitrogens with one attached hydrogen (secondary N) is 2. The van der Waals surface area contributed by atoms with E-state index in [1.807, 2.05) is 7.05 Å². The van der Waals surface area contributed by atoms with E-state index >= 15 is 0 Å². The number of benzene rings is 1. The van der Waals surface area contributed by atoms with Crippen LogP contribution in [0.2, 0.25) is 0 Å². The van der Waals surface area contributed by atoms with Crippen LogP contribution < -0.4 is 10.6 Å². The summed E-state index contributed by atoms with van der Waals surface area (Å²) in [4.78, 5) is 9.73. The van der Waals surface area contributed by atoms with Gasteiger partial charge in [-0.25, -0.2) is 0 Å². The van der Waals surface area contributed by atoms with E-state index in [-0.39, 0.29) is 29.5 Å². The van der Waals surface area contributed by atoms with Gasteiger partial charge in [-0.2, -0.15) is 0 Å². The maximum atomic E-state index is 5.69. The van der Waals surface area contributed by atoms with E-state index in [4.69, 9.17) is 4.74 Å². The Morgan fingerprint density at radius 1 is 1.10 bits per heavy atom. The summed E-state index contributed by atoms with van der Waals surface area (Å²) in [7, 11) is 1.87. The molecule has 2 N–H and O–H groups in total. The molecular weight excluding hydrogens is 501 g/mol. The summed E-state index contributed by atoms with van der Waals surface area (Å²) in [5, 5.41) is 7.27. The molecule has 1 unspecified atom stereocenters. The first-order valence-corrected chi connectivity index (χ1v) is 11.8. The van der Waals surface area contributed by atoms with Crippen LogP contribution >= 0.6 is 24.0 Å². The van der Waals surface area contributed by atoms with Crippen molar-refractivity contribution in [2.75, 3.05) is 59.5 Å². The first-order valence-electron chi connectivity index (χ1n) is 11.8. The van der Waals surface area contributed by atoms with Gasteiger partial charge in [0.15, 0.2) is 5.96 Å². The molecule has 1 aromatic carbocycles. The number of likely N-dealkylation sites (tertiary alicyclic amines) is 1. The number of aliphatic imine (C=N–C) groups is 1. The molecule has 31 heavy (non-hydrogen) atoms. The Balaban J connectivity index is 0.00000341. The van der Waals surface area contributed by atoms with Crippen LogP contribution in [-0.4, -0.2) is 80.8 Å². The van der Waals surface area contributed by atoms with Gasteiger partial charge in [0.25, 0.3) is 0 Å². The zero-order chi connectivity index (χ0) is 21.2. The van der Waals surface area contributed by atoms with Crippen molar-refractivity contribution < 1.29 is 4.74 Å². The van der Waals surface area contributed by atoms with E-state index < -0.39 is 0 Å². The van der Waals surface area contributed by atoms with Gasteiger partial charge in [0.2, 0.25) is 0 Å². The van der Waals surface area contributed by atoms with Gasteiger partial charge in [0.05, 0.1) is 6.04 Å². The Morgan fingerprint density at radius 2 is 1.74 bits per heavy atom. The third-order valence-electron chi connectivity index (χ3n) is 6.91. The highest BCUT2D eigenvalue weighted by atomic mass is 127.